The number of aryl methyl sites for hydroxylation is 2. The molecule has 0 spiro atoms. The summed E-state index contributed by atoms with van der Waals surface area (Å²) in [5.41, 5.74) is 3.25. The Labute approximate surface area is 173 Å². The summed E-state index contributed by atoms with van der Waals surface area (Å²) < 4.78 is 13.1. The molecule has 1 aliphatic rings. The van der Waals surface area contributed by atoms with E-state index in [-0.39, 0.29) is 24.1 Å². The number of amidine groups is 1. The van der Waals surface area contributed by atoms with Crippen LogP contribution >= 0.6 is 11.8 Å². The van der Waals surface area contributed by atoms with Crippen LogP contribution in [0.3, 0.4) is 0 Å². The first-order valence-electron chi connectivity index (χ1n) is 9.18. The van der Waals surface area contributed by atoms with Crippen LogP contribution in [0.2, 0.25) is 0 Å². The predicted molar refractivity (Wildman–Crippen MR) is 116 cm³/mol. The van der Waals surface area contributed by atoms with Crippen LogP contribution < -0.4 is 5.32 Å². The molecule has 2 aromatic carbocycles. The van der Waals surface area contributed by atoms with E-state index in [9.17, 15) is 14.0 Å². The number of amides is 2. The summed E-state index contributed by atoms with van der Waals surface area (Å²) in [6, 6.07) is 11.5. The average molecular weight is 412 g/mol. The molecule has 1 atom stereocenters. The highest BCUT2D eigenvalue weighted by atomic mass is 32.2. The molecule has 2 amide bonds. The molecular formula is C22H22FN3O2S. The Morgan fingerprint density at radius 3 is 2.52 bits per heavy atom. The van der Waals surface area contributed by atoms with E-state index in [2.05, 4.69) is 16.9 Å². The van der Waals surface area contributed by atoms with E-state index < -0.39 is 5.25 Å². The van der Waals surface area contributed by atoms with Gasteiger partial charge in [0.1, 0.15) is 11.1 Å². The zero-order chi connectivity index (χ0) is 21.0. The molecule has 0 saturated carbocycles. The van der Waals surface area contributed by atoms with Gasteiger partial charge in [-0.1, -0.05) is 36.0 Å². The summed E-state index contributed by atoms with van der Waals surface area (Å²) >= 11 is 1.24. The van der Waals surface area contributed by atoms with Gasteiger partial charge in [0, 0.05) is 18.7 Å². The highest BCUT2D eigenvalue weighted by Gasteiger charge is 2.38. The van der Waals surface area contributed by atoms with Crippen molar-refractivity contribution in [2.45, 2.75) is 25.5 Å². The first-order chi connectivity index (χ1) is 13.9. The Balaban J connectivity index is 1.76. The van der Waals surface area contributed by atoms with Crippen molar-refractivity contribution in [2.24, 2.45) is 4.99 Å². The van der Waals surface area contributed by atoms with Gasteiger partial charge in [-0.2, -0.15) is 0 Å². The summed E-state index contributed by atoms with van der Waals surface area (Å²) in [4.78, 5) is 31.4. The van der Waals surface area contributed by atoms with E-state index in [0.717, 1.165) is 16.8 Å². The fraction of sp³-hybridized carbons (Fsp3) is 0.227. The number of nitrogens with zero attached hydrogens (tertiary/aromatic N) is 2. The summed E-state index contributed by atoms with van der Waals surface area (Å²) in [6.07, 6.45) is 1.64. The number of carbonyl (C=O) groups is 2. The lowest BCUT2D eigenvalue weighted by atomic mass is 10.1. The third kappa shape index (κ3) is 4.92. The van der Waals surface area contributed by atoms with Crippen LogP contribution in [0.25, 0.3) is 0 Å². The molecular weight excluding hydrogens is 389 g/mol. The van der Waals surface area contributed by atoms with E-state index in [0.29, 0.717) is 17.4 Å². The molecule has 0 aliphatic carbocycles. The number of hydrogen-bond donors (Lipinski definition) is 1. The topological polar surface area (TPSA) is 61.8 Å². The van der Waals surface area contributed by atoms with Crippen LogP contribution in [0, 0.1) is 19.7 Å². The van der Waals surface area contributed by atoms with Gasteiger partial charge in [0.15, 0.2) is 5.17 Å². The van der Waals surface area contributed by atoms with Crippen LogP contribution in [0.4, 0.5) is 15.8 Å². The number of halogens is 1. The number of aliphatic imine (C=N–C) groups is 1. The maximum absolute atomic E-state index is 13.1. The summed E-state index contributed by atoms with van der Waals surface area (Å²) in [5.74, 6) is -0.768. The largest absolute Gasteiger partial charge is 0.326 e. The fourth-order valence-electron chi connectivity index (χ4n) is 3.02. The fourth-order valence-corrected chi connectivity index (χ4v) is 4.19. The first kappa shape index (κ1) is 20.8. The maximum Gasteiger partial charge on any atom is 0.242 e. The Hall–Kier alpha value is -2.93. The number of hydrogen-bond acceptors (Lipinski definition) is 4. The quantitative estimate of drug-likeness (QED) is 0.708. The molecule has 0 aromatic heterocycles. The van der Waals surface area contributed by atoms with Crippen LogP contribution in [0.5, 0.6) is 0 Å². The van der Waals surface area contributed by atoms with Crippen molar-refractivity contribution in [1.29, 1.82) is 0 Å². The Bertz CT molecular complexity index is 952. The second-order valence-corrected chi connectivity index (χ2v) is 7.90. The molecule has 2 aromatic rings. The molecule has 29 heavy (non-hydrogen) atoms. The highest BCUT2D eigenvalue weighted by Crippen LogP contribution is 2.32. The van der Waals surface area contributed by atoms with E-state index in [4.69, 9.17) is 0 Å². The van der Waals surface area contributed by atoms with Crippen LogP contribution in [0.1, 0.15) is 17.5 Å². The lowest BCUT2D eigenvalue weighted by molar-refractivity contribution is -0.127. The van der Waals surface area contributed by atoms with Crippen molar-refractivity contribution >= 4 is 40.1 Å². The molecule has 0 radical (unpaired) electrons. The van der Waals surface area contributed by atoms with Crippen molar-refractivity contribution < 1.29 is 14.0 Å². The minimum Gasteiger partial charge on any atom is -0.326 e. The molecule has 0 unspecified atom stereocenters. The molecule has 150 valence electrons. The second kappa shape index (κ2) is 9.05. The third-order valence-electron chi connectivity index (χ3n) is 4.50. The average Bonchev–Trinajstić information content (AvgIpc) is 2.96. The van der Waals surface area contributed by atoms with Crippen molar-refractivity contribution in [2.75, 3.05) is 11.9 Å². The third-order valence-corrected chi connectivity index (χ3v) is 5.67. The van der Waals surface area contributed by atoms with Gasteiger partial charge in [0.25, 0.3) is 0 Å². The van der Waals surface area contributed by atoms with Crippen molar-refractivity contribution in [3.8, 4) is 0 Å². The van der Waals surface area contributed by atoms with Gasteiger partial charge >= 0.3 is 0 Å². The van der Waals surface area contributed by atoms with Gasteiger partial charge in [0.05, 0.1) is 5.69 Å². The Kier molecular flexibility index (Phi) is 6.49. The van der Waals surface area contributed by atoms with Crippen molar-refractivity contribution in [3.05, 3.63) is 72.1 Å². The standard InChI is InChI=1S/C22H22FN3O2S/c1-4-12-26-21(28)18(29-22(26)24-17-10-8-16(23)9-11-17)13-19(27)25-20-14(2)6-5-7-15(20)3/h4-11,18H,1,12-13H2,2-3H3,(H,25,27)/t18-/m0/s1. The van der Waals surface area contributed by atoms with Gasteiger partial charge in [0.2, 0.25) is 11.8 Å². The van der Waals surface area contributed by atoms with E-state index in [1.54, 1.807) is 18.2 Å². The second-order valence-electron chi connectivity index (χ2n) is 6.73. The van der Waals surface area contributed by atoms with Crippen LogP contribution in [0.15, 0.2) is 60.1 Å². The molecule has 5 nitrogen and oxygen atoms in total. The molecule has 1 heterocycles. The minimum absolute atomic E-state index is 0.0351. The lowest BCUT2D eigenvalue weighted by Gasteiger charge is -2.14. The van der Waals surface area contributed by atoms with Gasteiger partial charge in [-0.15, -0.1) is 6.58 Å². The van der Waals surface area contributed by atoms with Crippen molar-refractivity contribution in [3.63, 3.8) is 0 Å². The SMILES string of the molecule is C=CCN1C(=O)[C@H](CC(=O)Nc2c(C)cccc2C)SC1=Nc1ccc(F)cc1. The predicted octanol–water partition coefficient (Wildman–Crippen LogP) is 4.59. The van der Waals surface area contributed by atoms with Gasteiger partial charge in [-0.05, 0) is 49.2 Å². The number of nitrogens with one attached hydrogen (secondary N) is 1. The number of rotatable bonds is 6. The molecule has 7 heteroatoms. The maximum atomic E-state index is 13.1. The Morgan fingerprint density at radius 1 is 1.24 bits per heavy atom. The van der Waals surface area contributed by atoms with Crippen LogP contribution in [-0.4, -0.2) is 33.7 Å². The van der Waals surface area contributed by atoms with E-state index >= 15 is 0 Å². The normalized spacial score (nSPS) is 17.6. The Morgan fingerprint density at radius 2 is 1.90 bits per heavy atom. The van der Waals surface area contributed by atoms with Gasteiger partial charge < -0.3 is 5.32 Å². The summed E-state index contributed by atoms with van der Waals surface area (Å²) in [6.45, 7) is 7.83. The number of carbonyl (C=O) groups excluding carboxylic acids is 2. The van der Waals surface area contributed by atoms with Crippen molar-refractivity contribution in [1.82, 2.24) is 4.90 Å². The number of thioether (sulfide) groups is 1. The smallest absolute Gasteiger partial charge is 0.242 e. The van der Waals surface area contributed by atoms with E-state index in [1.807, 2.05) is 32.0 Å². The monoisotopic (exact) mass is 411 g/mol. The number of para-hydroxylation sites is 1. The van der Waals surface area contributed by atoms with E-state index in [1.165, 1.54) is 28.8 Å². The zero-order valence-corrected chi connectivity index (χ0v) is 17.1. The van der Waals surface area contributed by atoms with Gasteiger partial charge in [-0.3, -0.25) is 14.5 Å². The molecule has 1 fully saturated rings. The summed E-state index contributed by atoms with van der Waals surface area (Å²) in [7, 11) is 0. The molecule has 0 bridgehead atoms. The zero-order valence-electron chi connectivity index (χ0n) is 16.3. The summed E-state index contributed by atoms with van der Waals surface area (Å²) in [5, 5.41) is 2.83. The first-order valence-corrected chi connectivity index (χ1v) is 10.1. The van der Waals surface area contributed by atoms with Crippen LogP contribution in [-0.2, 0) is 9.59 Å². The van der Waals surface area contributed by atoms with Gasteiger partial charge in [-0.25, -0.2) is 9.38 Å². The number of benzene rings is 2. The molecule has 1 saturated heterocycles. The lowest BCUT2D eigenvalue weighted by Crippen LogP contribution is -2.33. The molecule has 1 N–H and O–H groups in total. The minimum atomic E-state index is -0.571. The molecule has 3 rings (SSSR count). The molecule has 1 aliphatic heterocycles. The highest BCUT2D eigenvalue weighted by molar-refractivity contribution is 8.15. The number of anilines is 1.